The third kappa shape index (κ3) is 3.32. The van der Waals surface area contributed by atoms with Crippen molar-refractivity contribution in [3.63, 3.8) is 0 Å². The Balaban J connectivity index is 1.45. The van der Waals surface area contributed by atoms with Crippen LogP contribution in [0.3, 0.4) is 0 Å². The van der Waals surface area contributed by atoms with Gasteiger partial charge in [0.05, 0.1) is 22.9 Å². The van der Waals surface area contributed by atoms with Crippen LogP contribution in [0.5, 0.6) is 0 Å². The summed E-state index contributed by atoms with van der Waals surface area (Å²) >= 11 is 0. The average Bonchev–Trinajstić information content (AvgIpc) is 3.31. The normalized spacial score (nSPS) is 24.1. The molecule has 0 bridgehead atoms. The Bertz CT molecular complexity index is 1130. The van der Waals surface area contributed by atoms with Crippen LogP contribution >= 0.6 is 0 Å². The highest BCUT2D eigenvalue weighted by Crippen LogP contribution is 2.32. The molecule has 1 aromatic heterocycles. The van der Waals surface area contributed by atoms with Crippen LogP contribution < -0.4 is 10.6 Å². The second-order valence-electron chi connectivity index (χ2n) is 8.36. The van der Waals surface area contributed by atoms with E-state index in [1.807, 2.05) is 23.9 Å². The molecule has 2 saturated heterocycles. The third-order valence-corrected chi connectivity index (χ3v) is 6.48. The van der Waals surface area contributed by atoms with Crippen LogP contribution in [-0.4, -0.2) is 68.9 Å². The quantitative estimate of drug-likeness (QED) is 0.647. The Kier molecular flexibility index (Phi) is 5.10. The van der Waals surface area contributed by atoms with Gasteiger partial charge in [0.2, 0.25) is 11.8 Å². The van der Waals surface area contributed by atoms with Crippen molar-refractivity contribution in [1.29, 1.82) is 0 Å². The van der Waals surface area contributed by atoms with Crippen LogP contribution in [0, 0.1) is 0 Å². The zero-order chi connectivity index (χ0) is 22.4. The average molecular weight is 436 g/mol. The van der Waals surface area contributed by atoms with E-state index in [2.05, 4.69) is 20.6 Å². The molecule has 166 valence electrons. The number of nitrogens with zero attached hydrogens (tertiary/aromatic N) is 4. The van der Waals surface area contributed by atoms with E-state index in [1.54, 1.807) is 18.3 Å². The molecule has 32 heavy (non-hydrogen) atoms. The highest BCUT2D eigenvalue weighted by Gasteiger charge is 2.45. The van der Waals surface area contributed by atoms with Gasteiger partial charge in [-0.1, -0.05) is 12.1 Å². The molecule has 3 aliphatic heterocycles. The second-order valence-corrected chi connectivity index (χ2v) is 8.36. The lowest BCUT2D eigenvalue weighted by Crippen LogP contribution is -2.54. The summed E-state index contributed by atoms with van der Waals surface area (Å²) in [6.07, 6.45) is 2.01. The minimum Gasteiger partial charge on any atom is -0.313 e. The van der Waals surface area contributed by atoms with E-state index >= 15 is 0 Å². The first-order valence-corrected chi connectivity index (χ1v) is 10.7. The molecule has 0 aliphatic carbocycles. The number of nitrogens with one attached hydrogen (secondary N) is 2. The summed E-state index contributed by atoms with van der Waals surface area (Å²) in [7, 11) is 1.91. The fourth-order valence-electron chi connectivity index (χ4n) is 4.87. The van der Waals surface area contributed by atoms with E-state index in [9.17, 15) is 19.2 Å². The van der Waals surface area contributed by atoms with Crippen molar-refractivity contribution in [2.24, 2.45) is 7.05 Å². The smallest absolute Gasteiger partial charge is 0.262 e. The van der Waals surface area contributed by atoms with Crippen molar-refractivity contribution in [3.8, 4) is 0 Å². The van der Waals surface area contributed by atoms with Crippen molar-refractivity contribution >= 4 is 23.6 Å². The number of carbonyl (C=O) groups is 4. The topological polar surface area (TPSA) is 117 Å². The number of imide groups is 2. The van der Waals surface area contributed by atoms with E-state index < -0.39 is 23.8 Å². The molecule has 0 radical (unpaired) electrons. The van der Waals surface area contributed by atoms with Gasteiger partial charge in [-0.2, -0.15) is 5.10 Å². The van der Waals surface area contributed by atoms with Crippen LogP contribution in [0.2, 0.25) is 0 Å². The van der Waals surface area contributed by atoms with Crippen molar-refractivity contribution < 1.29 is 19.2 Å². The van der Waals surface area contributed by atoms with Crippen molar-refractivity contribution in [2.75, 3.05) is 19.6 Å². The third-order valence-electron chi connectivity index (χ3n) is 6.48. The number of aromatic nitrogens is 2. The lowest BCUT2D eigenvalue weighted by atomic mass is 10.0. The van der Waals surface area contributed by atoms with E-state index in [0.29, 0.717) is 17.7 Å². The molecule has 3 aliphatic rings. The Morgan fingerprint density at radius 1 is 1.09 bits per heavy atom. The van der Waals surface area contributed by atoms with Gasteiger partial charge in [-0.3, -0.25) is 39.0 Å². The number of fused-ring (bicyclic) bond motifs is 1. The Labute approximate surface area is 184 Å². The lowest BCUT2D eigenvalue weighted by Gasteiger charge is -2.36. The second kappa shape index (κ2) is 7.95. The highest BCUT2D eigenvalue weighted by atomic mass is 16.2. The predicted octanol–water partition coefficient (Wildman–Crippen LogP) is -0.0322. The van der Waals surface area contributed by atoms with Crippen LogP contribution in [-0.2, 0) is 23.2 Å². The molecule has 10 heteroatoms. The van der Waals surface area contributed by atoms with E-state index in [-0.39, 0.29) is 24.8 Å². The Hall–Kier alpha value is -3.37. The van der Waals surface area contributed by atoms with Gasteiger partial charge in [0.1, 0.15) is 6.04 Å². The van der Waals surface area contributed by atoms with Gasteiger partial charge in [0.25, 0.3) is 11.8 Å². The first-order chi connectivity index (χ1) is 15.5. The number of benzene rings is 1. The summed E-state index contributed by atoms with van der Waals surface area (Å²) in [5.74, 6) is -1.94. The zero-order valence-corrected chi connectivity index (χ0v) is 17.7. The summed E-state index contributed by atoms with van der Waals surface area (Å²) in [5, 5.41) is 9.92. The molecule has 1 aromatic carbocycles. The number of rotatable bonds is 4. The Morgan fingerprint density at radius 3 is 2.69 bits per heavy atom. The van der Waals surface area contributed by atoms with Gasteiger partial charge < -0.3 is 5.32 Å². The number of piperidine rings is 1. The first-order valence-electron chi connectivity index (χ1n) is 10.7. The zero-order valence-electron chi connectivity index (χ0n) is 17.7. The molecule has 2 atom stereocenters. The van der Waals surface area contributed by atoms with Gasteiger partial charge in [-0.25, -0.2) is 0 Å². The summed E-state index contributed by atoms with van der Waals surface area (Å²) in [5.41, 5.74) is 2.48. The lowest BCUT2D eigenvalue weighted by molar-refractivity contribution is -0.136. The van der Waals surface area contributed by atoms with Gasteiger partial charge in [-0.05, 0) is 24.1 Å². The van der Waals surface area contributed by atoms with Crippen molar-refractivity contribution in [2.45, 2.75) is 31.5 Å². The van der Waals surface area contributed by atoms with Crippen molar-refractivity contribution in [3.05, 3.63) is 52.8 Å². The monoisotopic (exact) mass is 436 g/mol. The van der Waals surface area contributed by atoms with E-state index in [1.165, 1.54) is 0 Å². The number of hydrogen-bond donors (Lipinski definition) is 2. The number of carbonyl (C=O) groups excluding carboxylic acids is 4. The van der Waals surface area contributed by atoms with E-state index in [0.717, 1.165) is 35.8 Å². The fraction of sp³-hybridized carbons (Fsp3) is 0.409. The standard InChI is InChI=1S/C22H24N6O4/c1-26-15(7-8-24-26)17-11-23-9-10-27(17)12-13-3-2-4-14-19(13)22(32)28(21(14)31)16-5-6-18(29)25-20(16)30/h2-4,7-8,16-17,23H,5-6,9-12H2,1H3,(H,25,29,30). The van der Waals surface area contributed by atoms with Gasteiger partial charge in [0, 0.05) is 45.8 Å². The van der Waals surface area contributed by atoms with Gasteiger partial charge in [-0.15, -0.1) is 0 Å². The van der Waals surface area contributed by atoms with Gasteiger partial charge in [0.15, 0.2) is 0 Å². The molecule has 2 N–H and O–H groups in total. The molecule has 2 aromatic rings. The van der Waals surface area contributed by atoms with Gasteiger partial charge >= 0.3 is 0 Å². The van der Waals surface area contributed by atoms with Crippen molar-refractivity contribution in [1.82, 2.24) is 30.2 Å². The summed E-state index contributed by atoms with van der Waals surface area (Å²) in [4.78, 5) is 53.6. The molecule has 0 spiro atoms. The van der Waals surface area contributed by atoms with E-state index in [4.69, 9.17) is 0 Å². The maximum atomic E-state index is 13.4. The Morgan fingerprint density at radius 2 is 1.94 bits per heavy atom. The maximum absolute atomic E-state index is 13.4. The molecular formula is C22H24N6O4. The van der Waals surface area contributed by atoms with Crippen LogP contribution in [0.15, 0.2) is 30.5 Å². The summed E-state index contributed by atoms with van der Waals surface area (Å²) in [6.45, 7) is 2.84. The molecular weight excluding hydrogens is 412 g/mol. The number of aryl methyl sites for hydroxylation is 1. The van der Waals surface area contributed by atoms with Crippen LogP contribution in [0.4, 0.5) is 0 Å². The molecule has 10 nitrogen and oxygen atoms in total. The number of amides is 4. The predicted molar refractivity (Wildman–Crippen MR) is 112 cm³/mol. The SMILES string of the molecule is Cn1nccc1C1CNCCN1Cc1cccc2c1C(=O)N(C1CCC(=O)NC1=O)C2=O. The molecule has 2 fully saturated rings. The minimum atomic E-state index is -0.964. The summed E-state index contributed by atoms with van der Waals surface area (Å²) < 4.78 is 1.85. The summed E-state index contributed by atoms with van der Waals surface area (Å²) in [6, 6.07) is 6.36. The number of hydrogen-bond acceptors (Lipinski definition) is 7. The highest BCUT2D eigenvalue weighted by molar-refractivity contribution is 6.24. The maximum Gasteiger partial charge on any atom is 0.262 e. The fourth-order valence-corrected chi connectivity index (χ4v) is 4.87. The molecule has 2 unspecified atom stereocenters. The first kappa shape index (κ1) is 20.5. The molecule has 4 amide bonds. The van der Waals surface area contributed by atoms with Crippen LogP contribution in [0.1, 0.15) is 50.9 Å². The largest absolute Gasteiger partial charge is 0.313 e. The molecule has 4 heterocycles. The minimum absolute atomic E-state index is 0.0746. The molecule has 5 rings (SSSR count). The molecule has 0 saturated carbocycles. The number of piperazine rings is 1. The van der Waals surface area contributed by atoms with Crippen LogP contribution in [0.25, 0.3) is 0 Å².